The van der Waals surface area contributed by atoms with Gasteiger partial charge in [-0.05, 0) is 32.0 Å². The van der Waals surface area contributed by atoms with Crippen LogP contribution in [-0.2, 0) is 11.3 Å². The van der Waals surface area contributed by atoms with Gasteiger partial charge in [-0.2, -0.15) is 0 Å². The maximum absolute atomic E-state index is 5.37. The van der Waals surface area contributed by atoms with E-state index in [1.54, 1.807) is 6.26 Å². The van der Waals surface area contributed by atoms with Gasteiger partial charge in [-0.1, -0.05) is 0 Å². The molecule has 0 radical (unpaired) electrons. The highest BCUT2D eigenvalue weighted by Crippen LogP contribution is 2.14. The van der Waals surface area contributed by atoms with Gasteiger partial charge in [0.25, 0.3) is 0 Å². The number of ether oxygens (including phenoxy) is 1. The number of halogens is 1. The summed E-state index contributed by atoms with van der Waals surface area (Å²) in [6.07, 6.45) is 2.67. The number of nitrogens with one attached hydrogen (secondary N) is 3. The molecule has 2 aromatic rings. The molecule has 3 heterocycles. The molecule has 0 spiro atoms. The van der Waals surface area contributed by atoms with Crippen molar-refractivity contribution in [2.24, 2.45) is 4.99 Å². The molecule has 0 bridgehead atoms. The first-order valence-electron chi connectivity index (χ1n) is 9.12. The van der Waals surface area contributed by atoms with Gasteiger partial charge in [-0.15, -0.1) is 29.1 Å². The number of hydrogen-bond donors (Lipinski definition) is 3. The van der Waals surface area contributed by atoms with Crippen LogP contribution < -0.4 is 10.6 Å². The predicted octanol–water partition coefficient (Wildman–Crippen LogP) is 1.46. The minimum absolute atomic E-state index is 0. The molecule has 0 amide bonds. The Morgan fingerprint density at radius 2 is 2.19 bits per heavy atom. The third-order valence-electron chi connectivity index (χ3n) is 4.05. The van der Waals surface area contributed by atoms with Crippen molar-refractivity contribution in [1.82, 2.24) is 30.7 Å². The zero-order valence-corrected chi connectivity index (χ0v) is 17.9. The van der Waals surface area contributed by atoms with E-state index < -0.39 is 0 Å². The summed E-state index contributed by atoms with van der Waals surface area (Å²) in [6, 6.07) is 3.64. The van der Waals surface area contributed by atoms with E-state index in [4.69, 9.17) is 9.15 Å². The average Bonchev–Trinajstić information content (AvgIpc) is 3.35. The lowest BCUT2D eigenvalue weighted by Gasteiger charge is -2.26. The average molecular weight is 489 g/mol. The minimum atomic E-state index is 0. The van der Waals surface area contributed by atoms with Gasteiger partial charge in [0, 0.05) is 26.2 Å². The Morgan fingerprint density at radius 1 is 1.33 bits per heavy atom. The second-order valence-corrected chi connectivity index (χ2v) is 6.01. The van der Waals surface area contributed by atoms with Crippen molar-refractivity contribution < 1.29 is 9.15 Å². The highest BCUT2D eigenvalue weighted by molar-refractivity contribution is 14.0. The van der Waals surface area contributed by atoms with Crippen LogP contribution in [0.3, 0.4) is 0 Å². The van der Waals surface area contributed by atoms with Crippen LogP contribution in [0, 0.1) is 0 Å². The van der Waals surface area contributed by atoms with Crippen LogP contribution in [0.15, 0.2) is 27.8 Å². The van der Waals surface area contributed by atoms with Crippen molar-refractivity contribution >= 4 is 29.9 Å². The van der Waals surface area contributed by atoms with Crippen LogP contribution in [0.25, 0.3) is 11.6 Å². The Labute approximate surface area is 176 Å². The second-order valence-electron chi connectivity index (χ2n) is 6.01. The molecule has 1 aliphatic heterocycles. The van der Waals surface area contributed by atoms with E-state index in [-0.39, 0.29) is 24.0 Å². The number of H-pyrrole nitrogens is 1. The first-order valence-corrected chi connectivity index (χ1v) is 9.12. The summed E-state index contributed by atoms with van der Waals surface area (Å²) in [5.74, 6) is 2.67. The quantitative estimate of drug-likeness (QED) is 0.223. The van der Waals surface area contributed by atoms with Gasteiger partial charge in [0.15, 0.2) is 11.7 Å². The Kier molecular flexibility index (Phi) is 9.56. The van der Waals surface area contributed by atoms with E-state index in [0.717, 1.165) is 58.3 Å². The molecule has 1 fully saturated rings. The van der Waals surface area contributed by atoms with Crippen molar-refractivity contribution in [2.75, 3.05) is 45.9 Å². The fraction of sp³-hybridized carbons (Fsp3) is 0.588. The van der Waals surface area contributed by atoms with Gasteiger partial charge < -0.3 is 19.8 Å². The molecule has 3 N–H and O–H groups in total. The lowest BCUT2D eigenvalue weighted by atomic mass is 10.3. The fourth-order valence-electron chi connectivity index (χ4n) is 2.71. The van der Waals surface area contributed by atoms with Crippen LogP contribution in [0.4, 0.5) is 0 Å². The number of nitrogens with zero attached hydrogens (tertiary/aromatic N) is 4. The molecule has 3 rings (SSSR count). The van der Waals surface area contributed by atoms with E-state index >= 15 is 0 Å². The number of aliphatic imine (C=N–C) groups is 1. The standard InChI is InChI=1S/C17H27N7O2.HI/c1-2-18-17(19-6-4-7-24-8-11-25-12-9-24)20-13-15-21-16(23-22-15)14-5-3-10-26-14;/h3,5,10H,2,4,6-9,11-13H2,1H3,(H2,18,19,20)(H,21,22,23);1H. The number of rotatable bonds is 8. The highest BCUT2D eigenvalue weighted by atomic mass is 127. The molecule has 0 aromatic carbocycles. The molecule has 0 unspecified atom stereocenters. The normalized spacial score (nSPS) is 15.4. The predicted molar refractivity (Wildman–Crippen MR) is 114 cm³/mol. The number of furan rings is 1. The SMILES string of the molecule is CCNC(=NCc1nc(-c2ccco2)n[nH]1)NCCCN1CCOCC1.I. The summed E-state index contributed by atoms with van der Waals surface area (Å²) in [5, 5.41) is 13.7. The summed E-state index contributed by atoms with van der Waals surface area (Å²) < 4.78 is 10.7. The van der Waals surface area contributed by atoms with Gasteiger partial charge >= 0.3 is 0 Å². The van der Waals surface area contributed by atoms with E-state index in [1.807, 2.05) is 19.1 Å². The number of aromatic nitrogens is 3. The third kappa shape index (κ3) is 7.11. The van der Waals surface area contributed by atoms with Crippen molar-refractivity contribution in [2.45, 2.75) is 19.9 Å². The Bertz CT molecular complexity index is 669. The Hall–Kier alpha value is -1.66. The highest BCUT2D eigenvalue weighted by Gasteiger charge is 2.10. The first-order chi connectivity index (χ1) is 12.8. The van der Waals surface area contributed by atoms with Crippen LogP contribution in [-0.4, -0.2) is 72.0 Å². The molecule has 10 heteroatoms. The van der Waals surface area contributed by atoms with Crippen molar-refractivity contribution in [3.05, 3.63) is 24.2 Å². The summed E-state index contributed by atoms with van der Waals surface area (Å²) in [4.78, 5) is 11.4. The molecule has 0 atom stereocenters. The first kappa shape index (κ1) is 21.6. The van der Waals surface area contributed by atoms with E-state index in [0.29, 0.717) is 24.0 Å². The maximum atomic E-state index is 5.37. The zero-order valence-electron chi connectivity index (χ0n) is 15.6. The maximum Gasteiger partial charge on any atom is 0.216 e. The molecule has 0 aliphatic carbocycles. The molecule has 0 saturated carbocycles. The summed E-state index contributed by atoms with van der Waals surface area (Å²) in [5.41, 5.74) is 0. The van der Waals surface area contributed by atoms with Gasteiger partial charge in [0.1, 0.15) is 12.4 Å². The molecule has 1 aliphatic rings. The molecule has 150 valence electrons. The number of guanidine groups is 1. The molecule has 9 nitrogen and oxygen atoms in total. The van der Waals surface area contributed by atoms with Crippen LogP contribution >= 0.6 is 24.0 Å². The fourth-order valence-corrected chi connectivity index (χ4v) is 2.71. The summed E-state index contributed by atoms with van der Waals surface area (Å²) in [6.45, 7) is 8.96. The zero-order chi connectivity index (χ0) is 18.0. The van der Waals surface area contributed by atoms with Gasteiger partial charge in [0.2, 0.25) is 5.82 Å². The van der Waals surface area contributed by atoms with Crippen LogP contribution in [0.1, 0.15) is 19.2 Å². The van der Waals surface area contributed by atoms with Gasteiger partial charge in [0.05, 0.1) is 19.5 Å². The summed E-state index contributed by atoms with van der Waals surface area (Å²) in [7, 11) is 0. The number of aromatic amines is 1. The monoisotopic (exact) mass is 489 g/mol. The lowest BCUT2D eigenvalue weighted by molar-refractivity contribution is 0.0376. The van der Waals surface area contributed by atoms with Crippen LogP contribution in [0.2, 0.25) is 0 Å². The van der Waals surface area contributed by atoms with Crippen molar-refractivity contribution in [3.63, 3.8) is 0 Å². The Morgan fingerprint density at radius 3 is 2.93 bits per heavy atom. The summed E-state index contributed by atoms with van der Waals surface area (Å²) >= 11 is 0. The molecular formula is C17H28IN7O2. The largest absolute Gasteiger partial charge is 0.461 e. The smallest absolute Gasteiger partial charge is 0.216 e. The molecule has 1 saturated heterocycles. The number of hydrogen-bond acceptors (Lipinski definition) is 6. The molecular weight excluding hydrogens is 461 g/mol. The molecule has 27 heavy (non-hydrogen) atoms. The number of morpholine rings is 1. The second kappa shape index (κ2) is 11.9. The minimum Gasteiger partial charge on any atom is -0.461 e. The molecule has 2 aromatic heterocycles. The van der Waals surface area contributed by atoms with Gasteiger partial charge in [-0.25, -0.2) is 9.98 Å². The lowest BCUT2D eigenvalue weighted by Crippen LogP contribution is -2.40. The third-order valence-corrected chi connectivity index (χ3v) is 4.05. The van der Waals surface area contributed by atoms with Crippen molar-refractivity contribution in [3.8, 4) is 11.6 Å². The van der Waals surface area contributed by atoms with Crippen molar-refractivity contribution in [1.29, 1.82) is 0 Å². The Balaban J connectivity index is 0.00000261. The van der Waals surface area contributed by atoms with E-state index in [2.05, 4.69) is 35.7 Å². The van der Waals surface area contributed by atoms with E-state index in [9.17, 15) is 0 Å². The van der Waals surface area contributed by atoms with E-state index in [1.165, 1.54) is 0 Å². The van der Waals surface area contributed by atoms with Crippen LogP contribution in [0.5, 0.6) is 0 Å². The topological polar surface area (TPSA) is 104 Å². The van der Waals surface area contributed by atoms with Gasteiger partial charge in [-0.3, -0.25) is 10.00 Å².